The van der Waals surface area contributed by atoms with E-state index in [-0.39, 0.29) is 0 Å². The van der Waals surface area contributed by atoms with Crippen molar-refractivity contribution in [3.8, 4) is 0 Å². The molecule has 0 saturated heterocycles. The maximum atomic E-state index is 5.81. The molecule has 0 spiro atoms. The fourth-order valence-electron chi connectivity index (χ4n) is 2.35. The zero-order valence-corrected chi connectivity index (χ0v) is 8.03. The summed E-state index contributed by atoms with van der Waals surface area (Å²) in [7, 11) is 0. The molecule has 2 heteroatoms. The summed E-state index contributed by atoms with van der Waals surface area (Å²) in [5.41, 5.74) is 8.49. The van der Waals surface area contributed by atoms with Crippen LogP contribution in [0.3, 0.4) is 0 Å². The molecule has 1 heterocycles. The van der Waals surface area contributed by atoms with Gasteiger partial charge >= 0.3 is 0 Å². The highest BCUT2D eigenvalue weighted by molar-refractivity contribution is 5.83. The van der Waals surface area contributed by atoms with E-state index < -0.39 is 0 Å². The monoisotopic (exact) mass is 186 g/mol. The summed E-state index contributed by atoms with van der Waals surface area (Å²) in [6.07, 6.45) is 4.42. The molecule has 0 bridgehead atoms. The van der Waals surface area contributed by atoms with E-state index in [1.54, 1.807) is 0 Å². The minimum absolute atomic E-state index is 0.425. The predicted octanol–water partition coefficient (Wildman–Crippen LogP) is 2.37. The average molecular weight is 186 g/mol. The fourth-order valence-corrected chi connectivity index (χ4v) is 2.35. The van der Waals surface area contributed by atoms with E-state index in [0.29, 0.717) is 12.0 Å². The summed E-state index contributed by atoms with van der Waals surface area (Å²) in [4.78, 5) is 3.31. The first kappa shape index (κ1) is 8.06. The van der Waals surface area contributed by atoms with Crippen molar-refractivity contribution < 1.29 is 0 Å². The number of H-pyrrole nitrogens is 1. The summed E-state index contributed by atoms with van der Waals surface area (Å²) in [5, 5.41) is 1.37. The van der Waals surface area contributed by atoms with Crippen molar-refractivity contribution in [2.75, 3.05) is 0 Å². The largest absolute Gasteiger partial charge is 0.361 e. The number of fused-ring (bicyclic) bond motifs is 1. The van der Waals surface area contributed by atoms with Crippen LogP contribution < -0.4 is 5.73 Å². The van der Waals surface area contributed by atoms with Gasteiger partial charge in [0.15, 0.2) is 0 Å². The molecule has 72 valence electrons. The number of rotatable bonds is 1. The number of aromatic amines is 1. The van der Waals surface area contributed by atoms with Gasteiger partial charge in [-0.15, -0.1) is 0 Å². The number of benzene rings is 1. The predicted molar refractivity (Wildman–Crippen MR) is 58.2 cm³/mol. The van der Waals surface area contributed by atoms with Crippen molar-refractivity contribution in [3.63, 3.8) is 0 Å². The molecule has 0 radical (unpaired) electrons. The Morgan fingerprint density at radius 3 is 2.79 bits per heavy atom. The number of nitrogens with two attached hydrogens (primary N) is 1. The molecule has 0 amide bonds. The van der Waals surface area contributed by atoms with Crippen molar-refractivity contribution in [3.05, 3.63) is 36.0 Å². The Morgan fingerprint density at radius 1 is 1.21 bits per heavy atom. The topological polar surface area (TPSA) is 41.8 Å². The Bertz CT molecular complexity index is 452. The number of para-hydroxylation sites is 1. The van der Waals surface area contributed by atoms with E-state index >= 15 is 0 Å². The summed E-state index contributed by atoms with van der Waals surface area (Å²) in [5.74, 6) is 0.682. The van der Waals surface area contributed by atoms with Crippen LogP contribution in [0.4, 0.5) is 0 Å². The van der Waals surface area contributed by atoms with Gasteiger partial charge in [0, 0.05) is 23.1 Å². The van der Waals surface area contributed by atoms with Crippen LogP contribution in [-0.4, -0.2) is 11.0 Å². The summed E-state index contributed by atoms with van der Waals surface area (Å²) in [6, 6.07) is 8.89. The Morgan fingerprint density at radius 2 is 2.00 bits per heavy atom. The maximum Gasteiger partial charge on any atom is 0.0456 e. The quantitative estimate of drug-likeness (QED) is 0.705. The second-order valence-corrected chi connectivity index (χ2v) is 4.22. The molecule has 0 aliphatic heterocycles. The molecule has 3 N–H and O–H groups in total. The van der Waals surface area contributed by atoms with Gasteiger partial charge < -0.3 is 10.7 Å². The van der Waals surface area contributed by atoms with Crippen LogP contribution in [0.15, 0.2) is 30.5 Å². The van der Waals surface area contributed by atoms with Gasteiger partial charge in [-0.3, -0.25) is 0 Å². The first-order chi connectivity index (χ1) is 6.84. The van der Waals surface area contributed by atoms with Crippen LogP contribution in [0.5, 0.6) is 0 Å². The van der Waals surface area contributed by atoms with Crippen molar-refractivity contribution in [1.29, 1.82) is 0 Å². The second-order valence-electron chi connectivity index (χ2n) is 4.22. The van der Waals surface area contributed by atoms with E-state index in [9.17, 15) is 0 Å². The number of hydrogen-bond donors (Lipinski definition) is 2. The fraction of sp³-hybridized carbons (Fsp3) is 0.333. The third-order valence-corrected chi connectivity index (χ3v) is 3.24. The third kappa shape index (κ3) is 1.07. The highest BCUT2D eigenvalue weighted by Crippen LogP contribution is 2.38. The Hall–Kier alpha value is -1.28. The van der Waals surface area contributed by atoms with Crippen molar-refractivity contribution in [2.45, 2.75) is 24.8 Å². The zero-order chi connectivity index (χ0) is 9.54. The van der Waals surface area contributed by atoms with Gasteiger partial charge in [0.25, 0.3) is 0 Å². The van der Waals surface area contributed by atoms with Crippen molar-refractivity contribution in [1.82, 2.24) is 4.98 Å². The van der Waals surface area contributed by atoms with Crippen LogP contribution in [-0.2, 0) is 0 Å². The van der Waals surface area contributed by atoms with Gasteiger partial charge in [-0.05, 0) is 30.4 Å². The molecule has 1 aromatic carbocycles. The molecule has 2 nitrogen and oxygen atoms in total. The third-order valence-electron chi connectivity index (χ3n) is 3.24. The molecule has 1 saturated carbocycles. The molecule has 1 fully saturated rings. The summed E-state index contributed by atoms with van der Waals surface area (Å²) < 4.78 is 0. The molecule has 14 heavy (non-hydrogen) atoms. The minimum atomic E-state index is 0.425. The van der Waals surface area contributed by atoms with Crippen LogP contribution >= 0.6 is 0 Å². The molecule has 0 unspecified atom stereocenters. The van der Waals surface area contributed by atoms with E-state index in [2.05, 4.69) is 35.4 Å². The summed E-state index contributed by atoms with van der Waals surface area (Å²) in [6.45, 7) is 0. The van der Waals surface area contributed by atoms with Crippen LogP contribution in [0.2, 0.25) is 0 Å². The number of aromatic nitrogens is 1. The molecule has 3 rings (SSSR count). The normalized spacial score (nSPS) is 26.4. The molecule has 2 aromatic rings. The van der Waals surface area contributed by atoms with Crippen LogP contribution in [0.1, 0.15) is 24.3 Å². The van der Waals surface area contributed by atoms with Gasteiger partial charge in [-0.25, -0.2) is 0 Å². The highest BCUT2D eigenvalue weighted by atomic mass is 14.7. The Balaban J connectivity index is 2.05. The first-order valence-electron chi connectivity index (χ1n) is 5.16. The average Bonchev–Trinajstić information content (AvgIpc) is 2.56. The molecule has 1 aliphatic rings. The molecule has 1 aliphatic carbocycles. The lowest BCUT2D eigenvalue weighted by Crippen LogP contribution is -2.34. The second kappa shape index (κ2) is 2.85. The van der Waals surface area contributed by atoms with Crippen molar-refractivity contribution >= 4 is 10.9 Å². The van der Waals surface area contributed by atoms with Gasteiger partial charge in [0.05, 0.1) is 0 Å². The van der Waals surface area contributed by atoms with Crippen LogP contribution in [0, 0.1) is 0 Å². The number of nitrogens with one attached hydrogen (secondary N) is 1. The van der Waals surface area contributed by atoms with E-state index in [1.165, 1.54) is 16.5 Å². The van der Waals surface area contributed by atoms with Gasteiger partial charge in [-0.1, -0.05) is 18.2 Å². The lowest BCUT2D eigenvalue weighted by molar-refractivity contribution is 0.353. The van der Waals surface area contributed by atoms with E-state index in [0.717, 1.165) is 12.8 Å². The molecule has 0 atom stereocenters. The molecule has 1 aromatic heterocycles. The van der Waals surface area contributed by atoms with Gasteiger partial charge in [0.2, 0.25) is 0 Å². The Kier molecular flexibility index (Phi) is 1.64. The lowest BCUT2D eigenvalue weighted by atomic mass is 9.76. The zero-order valence-electron chi connectivity index (χ0n) is 8.03. The standard InChI is InChI=1S/C12H14N2/c13-9-5-8(6-9)11-7-14-12-4-2-1-3-10(11)12/h1-4,7-9,14H,5-6,13H2. The Labute approximate surface area is 83.1 Å². The molecular weight excluding hydrogens is 172 g/mol. The minimum Gasteiger partial charge on any atom is -0.361 e. The maximum absolute atomic E-state index is 5.81. The van der Waals surface area contributed by atoms with Gasteiger partial charge in [-0.2, -0.15) is 0 Å². The summed E-state index contributed by atoms with van der Waals surface area (Å²) >= 11 is 0. The van der Waals surface area contributed by atoms with Gasteiger partial charge in [0.1, 0.15) is 0 Å². The first-order valence-corrected chi connectivity index (χ1v) is 5.16. The number of hydrogen-bond acceptors (Lipinski definition) is 1. The van der Waals surface area contributed by atoms with E-state index in [4.69, 9.17) is 5.73 Å². The SMILES string of the molecule is NC1CC(c2c[nH]c3ccccc23)C1. The molecular formula is C12H14N2. The highest BCUT2D eigenvalue weighted by Gasteiger charge is 2.28. The van der Waals surface area contributed by atoms with E-state index in [1.807, 2.05) is 0 Å². The van der Waals surface area contributed by atoms with Crippen molar-refractivity contribution in [2.24, 2.45) is 5.73 Å². The smallest absolute Gasteiger partial charge is 0.0456 e. The van der Waals surface area contributed by atoms with Crippen LogP contribution in [0.25, 0.3) is 10.9 Å². The lowest BCUT2D eigenvalue weighted by Gasteiger charge is -2.32.